The predicted octanol–water partition coefficient (Wildman–Crippen LogP) is 1.28. The fourth-order valence-corrected chi connectivity index (χ4v) is 1.32. The zero-order valence-corrected chi connectivity index (χ0v) is 8.67. The number of ether oxygens (including phenoxy) is 1. The minimum absolute atomic E-state index is 0.317. The molecule has 0 aliphatic rings. The minimum atomic E-state index is -0.425. The standard InChI is InChI=1S/C7H9BrN2O2/c1-4-9-5(7(11)12-3)6(8)10(4)2/h1-3H3. The van der Waals surface area contributed by atoms with E-state index in [1.807, 2.05) is 14.0 Å². The van der Waals surface area contributed by atoms with Crippen molar-refractivity contribution >= 4 is 21.9 Å². The van der Waals surface area contributed by atoms with Crippen molar-refractivity contribution in [3.05, 3.63) is 16.1 Å². The van der Waals surface area contributed by atoms with Gasteiger partial charge in [0.15, 0.2) is 5.69 Å². The van der Waals surface area contributed by atoms with Crippen LogP contribution in [-0.4, -0.2) is 22.6 Å². The first-order valence-electron chi connectivity index (χ1n) is 3.35. The molecule has 1 heterocycles. The van der Waals surface area contributed by atoms with E-state index in [1.165, 1.54) is 7.11 Å². The van der Waals surface area contributed by atoms with Crippen LogP contribution in [0.15, 0.2) is 4.60 Å². The molecule has 5 heteroatoms. The number of esters is 1. The molecule has 0 aliphatic carbocycles. The van der Waals surface area contributed by atoms with E-state index >= 15 is 0 Å². The summed E-state index contributed by atoms with van der Waals surface area (Å²) in [5, 5.41) is 0. The molecule has 0 aliphatic heterocycles. The highest BCUT2D eigenvalue weighted by atomic mass is 79.9. The Bertz CT molecular complexity index is 319. The summed E-state index contributed by atoms with van der Waals surface area (Å²) >= 11 is 3.24. The van der Waals surface area contributed by atoms with Gasteiger partial charge in [0.25, 0.3) is 0 Å². The van der Waals surface area contributed by atoms with Crippen LogP contribution in [0.4, 0.5) is 0 Å². The lowest BCUT2D eigenvalue weighted by atomic mass is 10.5. The normalized spacial score (nSPS) is 10.0. The van der Waals surface area contributed by atoms with Gasteiger partial charge in [-0.15, -0.1) is 0 Å². The van der Waals surface area contributed by atoms with Crippen LogP contribution in [0.5, 0.6) is 0 Å². The fourth-order valence-electron chi connectivity index (χ4n) is 0.810. The van der Waals surface area contributed by atoms with Gasteiger partial charge in [-0.3, -0.25) is 0 Å². The van der Waals surface area contributed by atoms with Gasteiger partial charge in [-0.2, -0.15) is 0 Å². The first-order valence-corrected chi connectivity index (χ1v) is 4.14. The van der Waals surface area contributed by atoms with Gasteiger partial charge in [0.2, 0.25) is 0 Å². The Morgan fingerprint density at radius 1 is 1.67 bits per heavy atom. The number of imidazole rings is 1. The molecule has 0 unspecified atom stereocenters. The molecule has 0 fully saturated rings. The maximum atomic E-state index is 11.1. The molecule has 0 saturated heterocycles. The van der Waals surface area contributed by atoms with Gasteiger partial charge in [-0.05, 0) is 22.9 Å². The third-order valence-electron chi connectivity index (χ3n) is 1.63. The number of carbonyl (C=O) groups excluding carboxylic acids is 1. The summed E-state index contributed by atoms with van der Waals surface area (Å²) in [6.07, 6.45) is 0. The summed E-state index contributed by atoms with van der Waals surface area (Å²) in [4.78, 5) is 15.1. The van der Waals surface area contributed by atoms with Gasteiger partial charge < -0.3 is 9.30 Å². The molecule has 0 saturated carbocycles. The van der Waals surface area contributed by atoms with E-state index in [4.69, 9.17) is 0 Å². The second-order valence-electron chi connectivity index (χ2n) is 2.35. The van der Waals surface area contributed by atoms with Crippen molar-refractivity contribution in [1.29, 1.82) is 0 Å². The Morgan fingerprint density at radius 2 is 2.25 bits per heavy atom. The molecule has 0 radical (unpaired) electrons. The van der Waals surface area contributed by atoms with Crippen LogP contribution in [0, 0.1) is 6.92 Å². The maximum Gasteiger partial charge on any atom is 0.359 e. The van der Waals surface area contributed by atoms with Crippen LogP contribution in [0.2, 0.25) is 0 Å². The zero-order chi connectivity index (χ0) is 9.30. The van der Waals surface area contributed by atoms with Gasteiger partial charge in [-0.1, -0.05) is 0 Å². The van der Waals surface area contributed by atoms with Crippen LogP contribution in [0.25, 0.3) is 0 Å². The lowest BCUT2D eigenvalue weighted by Crippen LogP contribution is -2.02. The van der Waals surface area contributed by atoms with Crippen LogP contribution in [0.1, 0.15) is 16.3 Å². The molecule has 12 heavy (non-hydrogen) atoms. The van der Waals surface area contributed by atoms with E-state index in [9.17, 15) is 4.79 Å². The van der Waals surface area contributed by atoms with E-state index in [2.05, 4.69) is 25.7 Å². The Kier molecular flexibility index (Phi) is 2.52. The summed E-state index contributed by atoms with van der Waals surface area (Å²) < 4.78 is 6.96. The van der Waals surface area contributed by atoms with Crippen molar-refractivity contribution in [1.82, 2.24) is 9.55 Å². The first-order chi connectivity index (χ1) is 5.57. The molecule has 0 spiro atoms. The summed E-state index contributed by atoms with van der Waals surface area (Å²) in [7, 11) is 3.15. The van der Waals surface area contributed by atoms with E-state index in [0.717, 1.165) is 5.82 Å². The lowest BCUT2D eigenvalue weighted by Gasteiger charge is -1.95. The van der Waals surface area contributed by atoms with E-state index in [-0.39, 0.29) is 0 Å². The third kappa shape index (κ3) is 1.36. The quantitative estimate of drug-likeness (QED) is 0.686. The Hall–Kier alpha value is -0.840. The van der Waals surface area contributed by atoms with Crippen LogP contribution in [-0.2, 0) is 11.8 Å². The molecule has 0 amide bonds. The largest absolute Gasteiger partial charge is 0.464 e. The number of methoxy groups -OCH3 is 1. The number of carbonyl (C=O) groups is 1. The van der Waals surface area contributed by atoms with Gasteiger partial charge in [0, 0.05) is 7.05 Å². The van der Waals surface area contributed by atoms with Gasteiger partial charge in [0.05, 0.1) is 7.11 Å². The van der Waals surface area contributed by atoms with Gasteiger partial charge in [-0.25, -0.2) is 9.78 Å². The minimum Gasteiger partial charge on any atom is -0.464 e. The number of rotatable bonds is 1. The lowest BCUT2D eigenvalue weighted by molar-refractivity contribution is 0.0593. The van der Waals surface area contributed by atoms with Crippen molar-refractivity contribution in [2.45, 2.75) is 6.92 Å². The maximum absolute atomic E-state index is 11.1. The van der Waals surface area contributed by atoms with E-state index in [0.29, 0.717) is 10.3 Å². The number of halogens is 1. The van der Waals surface area contributed by atoms with E-state index < -0.39 is 5.97 Å². The number of aryl methyl sites for hydroxylation is 1. The summed E-state index contributed by atoms with van der Waals surface area (Å²) in [6, 6.07) is 0. The molecular weight excluding hydrogens is 224 g/mol. The van der Waals surface area contributed by atoms with Crippen molar-refractivity contribution in [2.24, 2.45) is 7.05 Å². The SMILES string of the molecule is COC(=O)c1nc(C)n(C)c1Br. The van der Waals surface area contributed by atoms with Crippen molar-refractivity contribution in [2.75, 3.05) is 7.11 Å². The molecule has 66 valence electrons. The van der Waals surface area contributed by atoms with Crippen molar-refractivity contribution < 1.29 is 9.53 Å². The second-order valence-corrected chi connectivity index (χ2v) is 3.10. The monoisotopic (exact) mass is 232 g/mol. The van der Waals surface area contributed by atoms with Crippen molar-refractivity contribution in [3.63, 3.8) is 0 Å². The molecule has 1 aromatic heterocycles. The van der Waals surface area contributed by atoms with Crippen LogP contribution in [0.3, 0.4) is 0 Å². The number of aromatic nitrogens is 2. The highest BCUT2D eigenvalue weighted by Gasteiger charge is 2.16. The van der Waals surface area contributed by atoms with Crippen LogP contribution < -0.4 is 0 Å². The Labute approximate surface area is 78.7 Å². The van der Waals surface area contributed by atoms with Crippen molar-refractivity contribution in [3.8, 4) is 0 Å². The number of hydrogen-bond acceptors (Lipinski definition) is 3. The molecule has 1 rings (SSSR count). The van der Waals surface area contributed by atoms with Gasteiger partial charge in [0.1, 0.15) is 10.4 Å². The Balaban J connectivity index is 3.17. The third-order valence-corrected chi connectivity index (χ3v) is 2.54. The average Bonchev–Trinajstić information content (AvgIpc) is 2.32. The molecule has 0 N–H and O–H groups in total. The smallest absolute Gasteiger partial charge is 0.359 e. The summed E-state index contributed by atoms with van der Waals surface area (Å²) in [6.45, 7) is 1.82. The van der Waals surface area contributed by atoms with Crippen LogP contribution >= 0.6 is 15.9 Å². The molecule has 0 atom stereocenters. The highest BCUT2D eigenvalue weighted by molar-refractivity contribution is 9.10. The fraction of sp³-hybridized carbons (Fsp3) is 0.429. The number of hydrogen-bond donors (Lipinski definition) is 0. The summed E-state index contributed by atoms with van der Waals surface area (Å²) in [5.41, 5.74) is 0.317. The topological polar surface area (TPSA) is 44.1 Å². The van der Waals surface area contributed by atoms with Gasteiger partial charge >= 0.3 is 5.97 Å². The van der Waals surface area contributed by atoms with E-state index in [1.54, 1.807) is 4.57 Å². The second kappa shape index (κ2) is 3.26. The molecule has 0 aromatic carbocycles. The predicted molar refractivity (Wildman–Crippen MR) is 47.0 cm³/mol. The first kappa shape index (κ1) is 9.25. The molecule has 0 bridgehead atoms. The molecular formula is C7H9BrN2O2. The molecule has 4 nitrogen and oxygen atoms in total. The zero-order valence-electron chi connectivity index (χ0n) is 7.09. The summed E-state index contributed by atoms with van der Waals surface area (Å²) in [5.74, 6) is 0.341. The highest BCUT2D eigenvalue weighted by Crippen LogP contribution is 2.17. The average molecular weight is 233 g/mol. The molecule has 1 aromatic rings. The number of nitrogens with zero attached hydrogens (tertiary/aromatic N) is 2. The Morgan fingerprint density at radius 3 is 2.58 bits per heavy atom.